The third-order valence-electron chi connectivity index (χ3n) is 7.08. The van der Waals surface area contributed by atoms with Gasteiger partial charge in [0.25, 0.3) is 0 Å². The van der Waals surface area contributed by atoms with Crippen molar-refractivity contribution in [2.24, 2.45) is 0 Å². The number of morpholine rings is 1. The molecule has 178 valence electrons. The van der Waals surface area contributed by atoms with Crippen molar-refractivity contribution < 1.29 is 19.0 Å². The third-order valence-corrected chi connectivity index (χ3v) is 7.08. The van der Waals surface area contributed by atoms with Gasteiger partial charge in [0.05, 0.1) is 40.0 Å². The number of hydrogen-bond acceptors (Lipinski definition) is 5. The topological polar surface area (TPSA) is 51.2 Å². The van der Waals surface area contributed by atoms with Gasteiger partial charge in [-0.15, -0.1) is 0 Å². The summed E-state index contributed by atoms with van der Waals surface area (Å²) in [6, 6.07) is 19.0. The van der Waals surface area contributed by atoms with Crippen LogP contribution in [0.4, 0.5) is 0 Å². The fraction of sp³-hybridized carbons (Fsp3) is 0.393. The summed E-state index contributed by atoms with van der Waals surface area (Å²) in [7, 11) is 3.33. The summed E-state index contributed by atoms with van der Waals surface area (Å²) in [5, 5.41) is 2.45. The first-order chi connectivity index (χ1) is 16.7. The molecular formula is C28H32N2O4. The molecule has 2 aliphatic heterocycles. The van der Waals surface area contributed by atoms with Gasteiger partial charge in [-0.25, -0.2) is 0 Å². The van der Waals surface area contributed by atoms with Crippen LogP contribution >= 0.6 is 0 Å². The van der Waals surface area contributed by atoms with Gasteiger partial charge in [0, 0.05) is 19.6 Å². The van der Waals surface area contributed by atoms with Crippen molar-refractivity contribution in [3.63, 3.8) is 0 Å². The van der Waals surface area contributed by atoms with E-state index in [1.165, 1.54) is 21.9 Å². The molecule has 0 aromatic heterocycles. The van der Waals surface area contributed by atoms with Gasteiger partial charge in [-0.3, -0.25) is 9.69 Å². The fourth-order valence-electron chi connectivity index (χ4n) is 5.27. The van der Waals surface area contributed by atoms with Crippen LogP contribution in [0.25, 0.3) is 10.8 Å². The Morgan fingerprint density at radius 3 is 2.50 bits per heavy atom. The predicted octanol–water partition coefficient (Wildman–Crippen LogP) is 3.86. The third kappa shape index (κ3) is 4.48. The molecule has 1 atom stereocenters. The lowest BCUT2D eigenvalue weighted by atomic mass is 9.87. The second kappa shape index (κ2) is 10.0. The Kier molecular flexibility index (Phi) is 6.70. The van der Waals surface area contributed by atoms with E-state index in [4.69, 9.17) is 14.2 Å². The van der Waals surface area contributed by atoms with Crippen LogP contribution in [0.15, 0.2) is 54.6 Å². The Bertz CT molecular complexity index is 1170. The predicted molar refractivity (Wildman–Crippen MR) is 133 cm³/mol. The van der Waals surface area contributed by atoms with E-state index in [9.17, 15) is 4.79 Å². The molecule has 1 fully saturated rings. The van der Waals surface area contributed by atoms with Crippen molar-refractivity contribution in [3.05, 3.63) is 71.3 Å². The standard InChI is InChI=1S/C28H32N2O4/c1-32-26-17-22-10-11-30(28(31)19-29-12-14-34-15-13-29)25(24(22)18-27(26)33-2)16-21-8-5-7-20-6-3-4-9-23(20)21/h3-9,17-18,25H,10-16,19H2,1-2H3. The molecule has 3 aromatic rings. The maximum Gasteiger partial charge on any atom is 0.237 e. The normalized spacial score (nSPS) is 18.5. The van der Waals surface area contributed by atoms with Crippen LogP contribution in [-0.2, 0) is 22.4 Å². The van der Waals surface area contributed by atoms with Gasteiger partial charge in [0.1, 0.15) is 0 Å². The zero-order valence-electron chi connectivity index (χ0n) is 20.0. The zero-order chi connectivity index (χ0) is 23.5. The van der Waals surface area contributed by atoms with Crippen molar-refractivity contribution in [1.29, 1.82) is 0 Å². The molecule has 1 amide bonds. The van der Waals surface area contributed by atoms with Crippen molar-refractivity contribution in [1.82, 2.24) is 9.80 Å². The Labute approximate surface area is 201 Å². The van der Waals surface area contributed by atoms with Gasteiger partial charge in [-0.05, 0) is 52.4 Å². The number of methoxy groups -OCH3 is 2. The number of fused-ring (bicyclic) bond motifs is 2. The maximum atomic E-state index is 13.6. The molecule has 0 N–H and O–H groups in total. The average Bonchev–Trinajstić information content (AvgIpc) is 2.88. The molecule has 2 aliphatic rings. The van der Waals surface area contributed by atoms with E-state index in [-0.39, 0.29) is 11.9 Å². The summed E-state index contributed by atoms with van der Waals surface area (Å²) < 4.78 is 16.7. The molecule has 6 heteroatoms. The summed E-state index contributed by atoms with van der Waals surface area (Å²) in [6.45, 7) is 4.10. The van der Waals surface area contributed by atoms with E-state index in [1.54, 1.807) is 14.2 Å². The molecule has 0 radical (unpaired) electrons. The van der Waals surface area contributed by atoms with Crippen LogP contribution in [0, 0.1) is 0 Å². The average molecular weight is 461 g/mol. The number of nitrogens with zero attached hydrogens (tertiary/aromatic N) is 2. The molecule has 1 unspecified atom stereocenters. The van der Waals surface area contributed by atoms with E-state index in [2.05, 4.69) is 64.4 Å². The van der Waals surface area contributed by atoms with Crippen LogP contribution < -0.4 is 9.47 Å². The van der Waals surface area contributed by atoms with Gasteiger partial charge >= 0.3 is 0 Å². The second-order valence-corrected chi connectivity index (χ2v) is 8.99. The molecule has 0 bridgehead atoms. The highest BCUT2D eigenvalue weighted by Crippen LogP contribution is 2.40. The molecule has 0 aliphatic carbocycles. The van der Waals surface area contributed by atoms with Crippen molar-refractivity contribution in [2.45, 2.75) is 18.9 Å². The van der Waals surface area contributed by atoms with Crippen LogP contribution in [0.5, 0.6) is 11.5 Å². The number of rotatable bonds is 6. The van der Waals surface area contributed by atoms with Gasteiger partial charge in [0.2, 0.25) is 5.91 Å². The Balaban J connectivity index is 1.53. The molecule has 34 heavy (non-hydrogen) atoms. The SMILES string of the molecule is COc1cc2c(cc1OC)C(Cc1cccc3ccccc13)N(C(=O)CN1CCOCC1)CC2. The minimum Gasteiger partial charge on any atom is -0.493 e. The van der Waals surface area contributed by atoms with Crippen molar-refractivity contribution >= 4 is 16.7 Å². The van der Waals surface area contributed by atoms with Crippen LogP contribution in [0.2, 0.25) is 0 Å². The lowest BCUT2D eigenvalue weighted by Crippen LogP contribution is -2.48. The number of carbonyl (C=O) groups is 1. The quantitative estimate of drug-likeness (QED) is 0.559. The van der Waals surface area contributed by atoms with Crippen molar-refractivity contribution in [2.75, 3.05) is 53.6 Å². The minimum atomic E-state index is -0.0668. The molecule has 2 heterocycles. The Morgan fingerprint density at radius 1 is 0.971 bits per heavy atom. The smallest absolute Gasteiger partial charge is 0.237 e. The van der Waals surface area contributed by atoms with Crippen LogP contribution in [-0.4, -0.2) is 69.3 Å². The van der Waals surface area contributed by atoms with Crippen LogP contribution in [0.1, 0.15) is 22.7 Å². The van der Waals surface area contributed by atoms with Crippen LogP contribution in [0.3, 0.4) is 0 Å². The molecule has 3 aromatic carbocycles. The Morgan fingerprint density at radius 2 is 1.71 bits per heavy atom. The summed E-state index contributed by atoms with van der Waals surface area (Å²) in [5.41, 5.74) is 3.61. The summed E-state index contributed by atoms with van der Waals surface area (Å²) in [4.78, 5) is 17.9. The highest BCUT2D eigenvalue weighted by Gasteiger charge is 2.33. The largest absolute Gasteiger partial charge is 0.493 e. The van der Waals surface area contributed by atoms with E-state index < -0.39 is 0 Å². The Hall–Kier alpha value is -3.09. The molecule has 6 nitrogen and oxygen atoms in total. The van der Waals surface area contributed by atoms with E-state index in [0.717, 1.165) is 37.2 Å². The zero-order valence-corrected chi connectivity index (χ0v) is 20.0. The fourth-order valence-corrected chi connectivity index (χ4v) is 5.27. The summed E-state index contributed by atoms with van der Waals surface area (Å²) in [5.74, 6) is 1.61. The molecule has 0 saturated carbocycles. The molecule has 1 saturated heterocycles. The number of carbonyl (C=O) groups excluding carboxylic acids is 1. The summed E-state index contributed by atoms with van der Waals surface area (Å²) >= 11 is 0. The number of hydrogen-bond donors (Lipinski definition) is 0. The number of ether oxygens (including phenoxy) is 3. The first kappa shape index (κ1) is 22.7. The van der Waals surface area contributed by atoms with E-state index in [0.29, 0.717) is 32.1 Å². The number of amides is 1. The highest BCUT2D eigenvalue weighted by atomic mass is 16.5. The molecule has 5 rings (SSSR count). The lowest BCUT2D eigenvalue weighted by Gasteiger charge is -2.39. The van der Waals surface area contributed by atoms with Gasteiger partial charge in [0.15, 0.2) is 11.5 Å². The maximum absolute atomic E-state index is 13.6. The molecular weight excluding hydrogens is 428 g/mol. The summed E-state index contributed by atoms with van der Waals surface area (Å²) in [6.07, 6.45) is 1.55. The molecule has 0 spiro atoms. The first-order valence-electron chi connectivity index (χ1n) is 12.0. The number of benzene rings is 3. The van der Waals surface area contributed by atoms with Crippen molar-refractivity contribution in [3.8, 4) is 11.5 Å². The first-order valence-corrected chi connectivity index (χ1v) is 12.0. The lowest BCUT2D eigenvalue weighted by molar-refractivity contribution is -0.136. The van der Waals surface area contributed by atoms with Gasteiger partial charge < -0.3 is 19.1 Å². The van der Waals surface area contributed by atoms with E-state index in [1.807, 2.05) is 0 Å². The highest BCUT2D eigenvalue weighted by molar-refractivity contribution is 5.86. The monoisotopic (exact) mass is 460 g/mol. The second-order valence-electron chi connectivity index (χ2n) is 8.99. The van der Waals surface area contributed by atoms with Gasteiger partial charge in [-0.2, -0.15) is 0 Å². The minimum absolute atomic E-state index is 0.0668. The van der Waals surface area contributed by atoms with E-state index >= 15 is 0 Å². The van der Waals surface area contributed by atoms with Gasteiger partial charge in [-0.1, -0.05) is 42.5 Å².